The molecule has 0 aliphatic heterocycles. The van der Waals surface area contributed by atoms with Crippen LogP contribution in [0.1, 0.15) is 70.6 Å². The summed E-state index contributed by atoms with van der Waals surface area (Å²) in [6.45, 7) is 0. The Morgan fingerprint density at radius 2 is 1.06 bits per heavy atom. The van der Waals surface area contributed by atoms with Crippen LogP contribution in [-0.2, 0) is 4.79 Å². The Bertz CT molecular complexity index is 171. The number of carbonyl (C=O) groups is 1. The summed E-state index contributed by atoms with van der Waals surface area (Å²) < 4.78 is 0. The number of carboxylic acid groups (broad SMARTS) is 1. The van der Waals surface area contributed by atoms with Crippen LogP contribution >= 0.6 is 0 Å². The summed E-state index contributed by atoms with van der Waals surface area (Å²) in [5.41, 5.74) is 0. The largest absolute Gasteiger partial charge is 0.481 e. The molecule has 0 aromatic carbocycles. The maximum absolute atomic E-state index is 11.0. The SMILES string of the molecule is O=C(O)C1CCCCCCCCCCC1.[Cs]. The molecule has 0 aromatic heterocycles. The molecule has 0 atom stereocenters. The molecule has 1 fully saturated rings. The van der Waals surface area contributed by atoms with Crippen LogP contribution in [0.4, 0.5) is 0 Å². The van der Waals surface area contributed by atoms with Gasteiger partial charge in [-0.15, -0.1) is 0 Å². The fourth-order valence-electron chi connectivity index (χ4n) is 2.41. The van der Waals surface area contributed by atoms with Crippen molar-refractivity contribution in [1.29, 1.82) is 0 Å². The van der Waals surface area contributed by atoms with Crippen molar-refractivity contribution in [3.05, 3.63) is 0 Å². The van der Waals surface area contributed by atoms with Gasteiger partial charge in [0.25, 0.3) is 0 Å². The standard InChI is InChI=1S/C13H24O2.Cs/c14-13(15)12-10-8-6-4-2-1-3-5-7-9-11-12;/h12H,1-11H2,(H,14,15);. The number of aliphatic carboxylic acids is 1. The van der Waals surface area contributed by atoms with Gasteiger partial charge in [-0.25, -0.2) is 0 Å². The number of hydrogen-bond donors (Lipinski definition) is 1. The third-order valence-electron chi connectivity index (χ3n) is 3.45. The number of carboxylic acids is 1. The third kappa shape index (κ3) is 8.59. The van der Waals surface area contributed by atoms with Crippen molar-refractivity contribution in [3.8, 4) is 0 Å². The molecular weight excluding hydrogens is 321 g/mol. The second-order valence-corrected chi connectivity index (χ2v) is 4.79. The van der Waals surface area contributed by atoms with Gasteiger partial charge in [-0.05, 0) is 12.8 Å². The number of rotatable bonds is 1. The van der Waals surface area contributed by atoms with Gasteiger partial charge in [-0.2, -0.15) is 0 Å². The van der Waals surface area contributed by atoms with Crippen LogP contribution in [-0.4, -0.2) is 80.0 Å². The van der Waals surface area contributed by atoms with E-state index in [-0.39, 0.29) is 74.8 Å². The van der Waals surface area contributed by atoms with Crippen LogP contribution in [0, 0.1) is 5.92 Å². The molecule has 1 aliphatic rings. The van der Waals surface area contributed by atoms with E-state index < -0.39 is 5.97 Å². The van der Waals surface area contributed by atoms with Gasteiger partial charge in [0.1, 0.15) is 0 Å². The molecule has 1 N–H and O–H groups in total. The normalized spacial score (nSPS) is 21.2. The zero-order chi connectivity index (χ0) is 10.9. The van der Waals surface area contributed by atoms with Gasteiger partial charge < -0.3 is 5.11 Å². The molecule has 16 heavy (non-hydrogen) atoms. The maximum Gasteiger partial charge on any atom is 0.306 e. The average molecular weight is 345 g/mol. The second kappa shape index (κ2) is 11.6. The molecule has 1 saturated carbocycles. The van der Waals surface area contributed by atoms with Gasteiger partial charge in [-0.1, -0.05) is 57.8 Å². The Hall–Kier alpha value is 1.52. The van der Waals surface area contributed by atoms with Gasteiger partial charge in [-0.3, -0.25) is 4.79 Å². The summed E-state index contributed by atoms with van der Waals surface area (Å²) in [4.78, 5) is 11.0. The van der Waals surface area contributed by atoms with Crippen LogP contribution in [0.3, 0.4) is 0 Å². The first-order valence-corrected chi connectivity index (χ1v) is 6.53. The third-order valence-corrected chi connectivity index (χ3v) is 3.45. The van der Waals surface area contributed by atoms with E-state index >= 15 is 0 Å². The van der Waals surface area contributed by atoms with E-state index in [9.17, 15) is 4.79 Å². The van der Waals surface area contributed by atoms with Crippen molar-refractivity contribution in [2.75, 3.05) is 0 Å². The average Bonchev–Trinajstić information content (AvgIpc) is 2.18. The van der Waals surface area contributed by atoms with E-state index in [1.807, 2.05) is 0 Å². The van der Waals surface area contributed by atoms with Crippen molar-refractivity contribution >= 4 is 74.9 Å². The number of hydrogen-bond acceptors (Lipinski definition) is 1. The van der Waals surface area contributed by atoms with E-state index in [0.29, 0.717) is 0 Å². The van der Waals surface area contributed by atoms with Crippen LogP contribution in [0.25, 0.3) is 0 Å². The molecule has 0 heterocycles. The summed E-state index contributed by atoms with van der Waals surface area (Å²) in [7, 11) is 0. The van der Waals surface area contributed by atoms with Crippen LogP contribution < -0.4 is 0 Å². The van der Waals surface area contributed by atoms with Gasteiger partial charge in [0.05, 0.1) is 5.92 Å². The van der Waals surface area contributed by atoms with E-state index in [1.165, 1.54) is 44.9 Å². The first-order chi connectivity index (χ1) is 7.30. The first kappa shape index (κ1) is 17.5. The van der Waals surface area contributed by atoms with Gasteiger partial charge in [0.15, 0.2) is 0 Å². The zero-order valence-corrected chi connectivity index (χ0v) is 17.0. The summed E-state index contributed by atoms with van der Waals surface area (Å²) in [6.07, 6.45) is 13.1. The van der Waals surface area contributed by atoms with Gasteiger partial charge >= 0.3 is 5.97 Å². The molecule has 0 saturated heterocycles. The minimum Gasteiger partial charge on any atom is -0.481 e. The maximum atomic E-state index is 11.0. The Balaban J connectivity index is 0.00000225. The van der Waals surface area contributed by atoms with E-state index in [4.69, 9.17) is 5.11 Å². The van der Waals surface area contributed by atoms with Crippen molar-refractivity contribution < 1.29 is 9.90 Å². The Morgan fingerprint density at radius 3 is 1.38 bits per heavy atom. The molecule has 0 unspecified atom stereocenters. The first-order valence-electron chi connectivity index (χ1n) is 6.53. The van der Waals surface area contributed by atoms with Crippen LogP contribution in [0.5, 0.6) is 0 Å². The monoisotopic (exact) mass is 345 g/mol. The summed E-state index contributed by atoms with van der Waals surface area (Å²) in [5.74, 6) is -0.642. The van der Waals surface area contributed by atoms with Crippen molar-refractivity contribution in [1.82, 2.24) is 0 Å². The Labute approximate surface area is 158 Å². The molecule has 89 valence electrons. The van der Waals surface area contributed by atoms with Crippen LogP contribution in [0.2, 0.25) is 0 Å². The van der Waals surface area contributed by atoms with Gasteiger partial charge in [0.2, 0.25) is 0 Å². The smallest absolute Gasteiger partial charge is 0.306 e. The molecule has 3 heteroatoms. The van der Waals surface area contributed by atoms with Gasteiger partial charge in [0, 0.05) is 68.9 Å². The predicted molar refractivity (Wildman–Crippen MR) is 67.7 cm³/mol. The topological polar surface area (TPSA) is 37.3 Å². The van der Waals surface area contributed by atoms with Crippen molar-refractivity contribution in [2.45, 2.75) is 70.6 Å². The van der Waals surface area contributed by atoms with E-state index in [1.54, 1.807) is 0 Å². The quantitative estimate of drug-likeness (QED) is 0.788. The fourth-order valence-corrected chi connectivity index (χ4v) is 2.41. The molecular formula is C13H24CsO2. The molecule has 0 amide bonds. The minimum absolute atomic E-state index is 0. The minimum atomic E-state index is -0.577. The molecule has 0 bridgehead atoms. The molecule has 0 spiro atoms. The summed E-state index contributed by atoms with van der Waals surface area (Å²) >= 11 is 0. The van der Waals surface area contributed by atoms with E-state index in [0.717, 1.165) is 25.7 Å². The molecule has 0 aromatic rings. The second-order valence-electron chi connectivity index (χ2n) is 4.79. The van der Waals surface area contributed by atoms with E-state index in [2.05, 4.69) is 0 Å². The van der Waals surface area contributed by atoms with Crippen molar-refractivity contribution in [2.24, 2.45) is 5.92 Å². The molecule has 1 radical (unpaired) electrons. The zero-order valence-electron chi connectivity index (χ0n) is 10.7. The Kier molecular flexibility index (Phi) is 12.7. The summed E-state index contributed by atoms with van der Waals surface area (Å²) in [5, 5.41) is 9.04. The summed E-state index contributed by atoms with van der Waals surface area (Å²) in [6, 6.07) is 0. The Morgan fingerprint density at radius 1 is 0.750 bits per heavy atom. The predicted octanol–water partition coefficient (Wildman–Crippen LogP) is 3.61. The molecule has 1 rings (SSSR count). The molecule has 1 aliphatic carbocycles. The fraction of sp³-hybridized carbons (Fsp3) is 0.923. The van der Waals surface area contributed by atoms with Crippen molar-refractivity contribution in [3.63, 3.8) is 0 Å². The van der Waals surface area contributed by atoms with Crippen LogP contribution in [0.15, 0.2) is 0 Å². The molecule has 2 nitrogen and oxygen atoms in total.